The molecule has 2 rings (SSSR count). The first-order valence-corrected chi connectivity index (χ1v) is 7.23. The van der Waals surface area contributed by atoms with E-state index in [9.17, 15) is 4.79 Å². The van der Waals surface area contributed by atoms with Gasteiger partial charge >= 0.3 is 0 Å². The van der Waals surface area contributed by atoms with Gasteiger partial charge in [0.05, 0.1) is 10.6 Å². The van der Waals surface area contributed by atoms with Crippen LogP contribution >= 0.6 is 27.5 Å². The molecule has 1 aromatic heterocycles. The van der Waals surface area contributed by atoms with Gasteiger partial charge in [0.2, 0.25) is 0 Å². The molecule has 1 amide bonds. The van der Waals surface area contributed by atoms with E-state index in [1.54, 1.807) is 6.07 Å². The van der Waals surface area contributed by atoms with Crippen LogP contribution in [0.5, 0.6) is 0 Å². The number of amides is 1. The smallest absolute Gasteiger partial charge is 0.257 e. The molecule has 0 saturated heterocycles. The van der Waals surface area contributed by atoms with E-state index in [4.69, 9.17) is 11.6 Å². The van der Waals surface area contributed by atoms with Crippen molar-refractivity contribution >= 4 is 44.9 Å². The fourth-order valence-electron chi connectivity index (χ4n) is 1.66. The van der Waals surface area contributed by atoms with Crippen molar-refractivity contribution in [2.75, 3.05) is 17.2 Å². The zero-order valence-electron chi connectivity index (χ0n) is 10.8. The molecule has 2 aromatic rings. The summed E-state index contributed by atoms with van der Waals surface area (Å²) in [6.07, 6.45) is 1.47. The van der Waals surface area contributed by atoms with Crippen LogP contribution in [0.3, 0.4) is 0 Å². The van der Waals surface area contributed by atoms with Crippen LogP contribution < -0.4 is 10.6 Å². The molecule has 0 aliphatic heterocycles. The summed E-state index contributed by atoms with van der Waals surface area (Å²) >= 11 is 9.39. The first-order chi connectivity index (χ1) is 9.60. The van der Waals surface area contributed by atoms with Crippen molar-refractivity contribution in [3.05, 3.63) is 51.6 Å². The van der Waals surface area contributed by atoms with Gasteiger partial charge < -0.3 is 10.6 Å². The van der Waals surface area contributed by atoms with Crippen molar-refractivity contribution in [2.24, 2.45) is 0 Å². The molecule has 4 nitrogen and oxygen atoms in total. The van der Waals surface area contributed by atoms with Crippen molar-refractivity contribution < 1.29 is 4.79 Å². The number of anilines is 2. The molecule has 0 unspecified atom stereocenters. The molecule has 0 aliphatic rings. The number of aromatic nitrogens is 1. The first-order valence-electron chi connectivity index (χ1n) is 6.06. The monoisotopic (exact) mass is 353 g/mol. The number of nitrogens with zero attached hydrogens (tertiary/aromatic N) is 1. The van der Waals surface area contributed by atoms with Crippen LogP contribution in [-0.4, -0.2) is 17.4 Å². The number of halogens is 2. The maximum Gasteiger partial charge on any atom is 0.257 e. The van der Waals surface area contributed by atoms with Gasteiger partial charge in [0, 0.05) is 22.9 Å². The number of carbonyl (C=O) groups is 1. The number of nitrogens with one attached hydrogen (secondary N) is 2. The van der Waals surface area contributed by atoms with Gasteiger partial charge in [-0.1, -0.05) is 33.6 Å². The molecule has 1 heterocycles. The quantitative estimate of drug-likeness (QED) is 0.866. The van der Waals surface area contributed by atoms with Gasteiger partial charge in [-0.15, -0.1) is 0 Å². The van der Waals surface area contributed by atoms with E-state index in [1.807, 2.05) is 31.2 Å². The Kier molecular flexibility index (Phi) is 4.98. The Labute approximate surface area is 130 Å². The fourth-order valence-corrected chi connectivity index (χ4v) is 2.24. The number of carbonyl (C=O) groups excluding carboxylic acids is 1. The average Bonchev–Trinajstić information content (AvgIpc) is 2.41. The summed E-state index contributed by atoms with van der Waals surface area (Å²) in [5, 5.41) is 6.16. The number of hydrogen-bond acceptors (Lipinski definition) is 3. The Morgan fingerprint density at radius 1 is 1.40 bits per heavy atom. The lowest BCUT2D eigenvalue weighted by Crippen LogP contribution is -2.13. The van der Waals surface area contributed by atoms with Crippen molar-refractivity contribution in [2.45, 2.75) is 6.92 Å². The third kappa shape index (κ3) is 3.71. The Balaban J connectivity index is 2.22. The normalized spacial score (nSPS) is 10.2. The first kappa shape index (κ1) is 14.8. The minimum absolute atomic E-state index is 0.269. The number of benzene rings is 1. The maximum absolute atomic E-state index is 12.2. The molecule has 0 spiro atoms. The van der Waals surface area contributed by atoms with Gasteiger partial charge in [-0.2, -0.15) is 0 Å². The highest BCUT2D eigenvalue weighted by atomic mass is 79.9. The molecular weight excluding hydrogens is 342 g/mol. The summed E-state index contributed by atoms with van der Waals surface area (Å²) in [4.78, 5) is 16.3. The second-order valence-electron chi connectivity index (χ2n) is 4.04. The molecular formula is C14H13BrClN3O. The molecule has 0 saturated carbocycles. The highest BCUT2D eigenvalue weighted by molar-refractivity contribution is 9.10. The molecule has 0 atom stereocenters. The van der Waals surface area contributed by atoms with Crippen molar-refractivity contribution in [1.29, 1.82) is 0 Å². The number of pyridine rings is 1. The number of rotatable bonds is 4. The van der Waals surface area contributed by atoms with E-state index in [1.165, 1.54) is 6.20 Å². The van der Waals surface area contributed by atoms with E-state index in [-0.39, 0.29) is 5.91 Å². The molecule has 104 valence electrons. The summed E-state index contributed by atoms with van der Waals surface area (Å²) in [5.41, 5.74) is 1.08. The Morgan fingerprint density at radius 3 is 2.90 bits per heavy atom. The topological polar surface area (TPSA) is 54.0 Å². The molecule has 0 fully saturated rings. The Hall–Kier alpha value is -1.59. The van der Waals surface area contributed by atoms with Crippen molar-refractivity contribution in [3.63, 3.8) is 0 Å². The van der Waals surface area contributed by atoms with E-state index >= 15 is 0 Å². The predicted molar refractivity (Wildman–Crippen MR) is 85.5 cm³/mol. The number of hydrogen-bond donors (Lipinski definition) is 2. The highest BCUT2D eigenvalue weighted by Crippen LogP contribution is 2.21. The third-order valence-corrected chi connectivity index (χ3v) is 3.33. The van der Waals surface area contributed by atoms with Crippen LogP contribution in [0.25, 0.3) is 0 Å². The van der Waals surface area contributed by atoms with Crippen LogP contribution in [0, 0.1) is 0 Å². The zero-order valence-corrected chi connectivity index (χ0v) is 13.1. The van der Waals surface area contributed by atoms with E-state index in [0.717, 1.165) is 11.0 Å². The van der Waals surface area contributed by atoms with Crippen LogP contribution in [-0.2, 0) is 0 Å². The van der Waals surface area contributed by atoms with Gasteiger partial charge in [-0.3, -0.25) is 4.79 Å². The summed E-state index contributed by atoms with van der Waals surface area (Å²) in [6, 6.07) is 9.00. The Bertz CT molecular complexity index is 634. The predicted octanol–water partition coefficient (Wildman–Crippen LogP) is 4.18. The lowest BCUT2D eigenvalue weighted by atomic mass is 10.2. The second-order valence-corrected chi connectivity index (χ2v) is 5.37. The van der Waals surface area contributed by atoms with Crippen molar-refractivity contribution in [3.8, 4) is 0 Å². The lowest BCUT2D eigenvalue weighted by Gasteiger charge is -2.09. The van der Waals surface area contributed by atoms with Gasteiger partial charge in [-0.25, -0.2) is 4.98 Å². The molecule has 20 heavy (non-hydrogen) atoms. The standard InChI is InChI=1S/C14H13BrClN3O/c1-2-17-13-7-11(12(16)8-18-13)14(20)19-10-5-3-4-9(15)6-10/h3-8H,2H2,1H3,(H,17,18)(H,19,20). The minimum Gasteiger partial charge on any atom is -0.370 e. The van der Waals surface area contributed by atoms with E-state index in [0.29, 0.717) is 22.1 Å². The fraction of sp³-hybridized carbons (Fsp3) is 0.143. The van der Waals surface area contributed by atoms with Crippen LogP contribution in [0.15, 0.2) is 41.0 Å². The van der Waals surface area contributed by atoms with Gasteiger partial charge in [0.1, 0.15) is 5.82 Å². The summed E-state index contributed by atoms with van der Waals surface area (Å²) in [7, 11) is 0. The molecule has 0 radical (unpaired) electrons. The van der Waals surface area contributed by atoms with Gasteiger partial charge in [0.25, 0.3) is 5.91 Å². The minimum atomic E-state index is -0.269. The second kappa shape index (κ2) is 6.72. The third-order valence-electron chi connectivity index (χ3n) is 2.54. The van der Waals surface area contributed by atoms with Crippen molar-refractivity contribution in [1.82, 2.24) is 4.98 Å². The Morgan fingerprint density at radius 2 is 2.20 bits per heavy atom. The summed E-state index contributed by atoms with van der Waals surface area (Å²) in [5.74, 6) is 0.353. The maximum atomic E-state index is 12.2. The van der Waals surface area contributed by atoms with Gasteiger partial charge in [-0.05, 0) is 31.2 Å². The van der Waals surface area contributed by atoms with Crippen LogP contribution in [0.1, 0.15) is 17.3 Å². The lowest BCUT2D eigenvalue weighted by molar-refractivity contribution is 0.102. The largest absolute Gasteiger partial charge is 0.370 e. The summed E-state index contributed by atoms with van der Waals surface area (Å²) in [6.45, 7) is 2.68. The molecule has 2 N–H and O–H groups in total. The van der Waals surface area contributed by atoms with Gasteiger partial charge in [0.15, 0.2) is 0 Å². The molecule has 1 aromatic carbocycles. The molecule has 0 aliphatic carbocycles. The molecule has 6 heteroatoms. The van der Waals surface area contributed by atoms with Crippen LogP contribution in [0.4, 0.5) is 11.5 Å². The highest BCUT2D eigenvalue weighted by Gasteiger charge is 2.12. The average molecular weight is 355 g/mol. The zero-order chi connectivity index (χ0) is 14.5. The SMILES string of the molecule is CCNc1cc(C(=O)Nc2cccc(Br)c2)c(Cl)cn1. The van der Waals surface area contributed by atoms with E-state index in [2.05, 4.69) is 31.5 Å². The van der Waals surface area contributed by atoms with Crippen LogP contribution in [0.2, 0.25) is 5.02 Å². The van der Waals surface area contributed by atoms with E-state index < -0.39 is 0 Å². The summed E-state index contributed by atoms with van der Waals surface area (Å²) < 4.78 is 0.893. The molecule has 0 bridgehead atoms.